The SMILES string of the molecule is Cc1nc2cc(F)cc(C(=O)Nc3ccc(Cl)c(C(=O)NC4CCCCC4)c3)c2nc1C. The molecule has 0 bridgehead atoms. The minimum absolute atomic E-state index is 0.0683. The number of halogens is 2. The van der Waals surface area contributed by atoms with Gasteiger partial charge in [-0.1, -0.05) is 30.9 Å². The lowest BCUT2D eigenvalue weighted by Crippen LogP contribution is -2.36. The van der Waals surface area contributed by atoms with Crippen LogP contribution in [0.25, 0.3) is 11.0 Å². The van der Waals surface area contributed by atoms with Crippen molar-refractivity contribution >= 4 is 40.1 Å². The fourth-order valence-electron chi connectivity index (χ4n) is 3.96. The van der Waals surface area contributed by atoms with Crippen molar-refractivity contribution in [1.29, 1.82) is 0 Å². The maximum Gasteiger partial charge on any atom is 0.258 e. The van der Waals surface area contributed by atoms with Gasteiger partial charge in [-0.2, -0.15) is 0 Å². The molecular formula is C24H24ClFN4O2. The van der Waals surface area contributed by atoms with Crippen LogP contribution in [0, 0.1) is 19.7 Å². The molecule has 3 aromatic rings. The van der Waals surface area contributed by atoms with Crippen LogP contribution in [0.15, 0.2) is 30.3 Å². The summed E-state index contributed by atoms with van der Waals surface area (Å²) >= 11 is 6.25. The van der Waals surface area contributed by atoms with E-state index < -0.39 is 11.7 Å². The van der Waals surface area contributed by atoms with Gasteiger partial charge in [0.15, 0.2) is 0 Å². The third-order valence-corrected chi connectivity index (χ3v) is 6.13. The van der Waals surface area contributed by atoms with Gasteiger partial charge in [0.1, 0.15) is 11.3 Å². The van der Waals surface area contributed by atoms with Crippen LogP contribution in [-0.4, -0.2) is 27.8 Å². The van der Waals surface area contributed by atoms with E-state index in [-0.39, 0.29) is 23.1 Å². The van der Waals surface area contributed by atoms with Gasteiger partial charge in [0.05, 0.1) is 33.1 Å². The summed E-state index contributed by atoms with van der Waals surface area (Å²) in [7, 11) is 0. The average Bonchev–Trinajstić information content (AvgIpc) is 2.76. The highest BCUT2D eigenvalue weighted by Crippen LogP contribution is 2.25. The Balaban J connectivity index is 1.59. The lowest BCUT2D eigenvalue weighted by Gasteiger charge is -2.23. The van der Waals surface area contributed by atoms with Gasteiger partial charge in [0, 0.05) is 17.8 Å². The fourth-order valence-corrected chi connectivity index (χ4v) is 4.16. The molecule has 0 unspecified atom stereocenters. The van der Waals surface area contributed by atoms with Crippen molar-refractivity contribution in [3.05, 3.63) is 63.7 Å². The standard InChI is InChI=1S/C24H24ClFN4O2/c1-13-14(2)28-22-19(10-15(26)11-21(22)27-13)24(32)30-17-8-9-20(25)18(12-17)23(31)29-16-6-4-3-5-7-16/h8-12,16H,3-7H2,1-2H3,(H,29,31)(H,30,32). The molecule has 2 aromatic carbocycles. The van der Waals surface area contributed by atoms with E-state index >= 15 is 0 Å². The van der Waals surface area contributed by atoms with Crippen LogP contribution >= 0.6 is 11.6 Å². The lowest BCUT2D eigenvalue weighted by molar-refractivity contribution is 0.0926. The maximum atomic E-state index is 14.2. The Labute approximate surface area is 190 Å². The van der Waals surface area contributed by atoms with E-state index in [0.29, 0.717) is 33.1 Å². The van der Waals surface area contributed by atoms with Gasteiger partial charge in [-0.3, -0.25) is 9.59 Å². The van der Waals surface area contributed by atoms with Gasteiger partial charge in [-0.25, -0.2) is 14.4 Å². The summed E-state index contributed by atoms with van der Waals surface area (Å²) in [5.41, 5.74) is 2.68. The lowest BCUT2D eigenvalue weighted by atomic mass is 9.95. The number of fused-ring (bicyclic) bond motifs is 1. The summed E-state index contributed by atoms with van der Waals surface area (Å²) in [4.78, 5) is 34.5. The van der Waals surface area contributed by atoms with Crippen LogP contribution < -0.4 is 10.6 Å². The zero-order valence-electron chi connectivity index (χ0n) is 18.0. The van der Waals surface area contributed by atoms with E-state index in [1.165, 1.54) is 18.6 Å². The van der Waals surface area contributed by atoms with Gasteiger partial charge in [-0.15, -0.1) is 0 Å². The smallest absolute Gasteiger partial charge is 0.258 e. The summed E-state index contributed by atoms with van der Waals surface area (Å²) < 4.78 is 14.2. The van der Waals surface area contributed by atoms with Crippen LogP contribution in [0.4, 0.5) is 10.1 Å². The fraction of sp³-hybridized carbons (Fsp3) is 0.333. The number of rotatable bonds is 4. The molecule has 0 spiro atoms. The highest BCUT2D eigenvalue weighted by Gasteiger charge is 2.20. The van der Waals surface area contributed by atoms with Crippen molar-refractivity contribution in [2.24, 2.45) is 0 Å². The molecule has 1 saturated carbocycles. The zero-order valence-corrected chi connectivity index (χ0v) is 18.7. The average molecular weight is 455 g/mol. The second-order valence-corrected chi connectivity index (χ2v) is 8.58. The molecule has 166 valence electrons. The van der Waals surface area contributed by atoms with E-state index in [0.717, 1.165) is 31.7 Å². The molecule has 1 aliphatic rings. The number of carbonyl (C=O) groups is 2. The first-order valence-corrected chi connectivity index (χ1v) is 11.1. The normalized spacial score (nSPS) is 14.4. The van der Waals surface area contributed by atoms with Crippen molar-refractivity contribution in [2.45, 2.75) is 52.0 Å². The van der Waals surface area contributed by atoms with E-state index in [2.05, 4.69) is 20.6 Å². The van der Waals surface area contributed by atoms with Crippen molar-refractivity contribution < 1.29 is 14.0 Å². The van der Waals surface area contributed by atoms with Gasteiger partial charge in [-0.05, 0) is 51.0 Å². The van der Waals surface area contributed by atoms with E-state index in [1.54, 1.807) is 26.0 Å². The molecule has 1 aliphatic carbocycles. The molecule has 0 saturated heterocycles. The van der Waals surface area contributed by atoms with E-state index in [9.17, 15) is 14.0 Å². The predicted molar refractivity (Wildman–Crippen MR) is 123 cm³/mol. The molecule has 8 heteroatoms. The summed E-state index contributed by atoms with van der Waals surface area (Å²) in [5, 5.41) is 6.05. The number of aromatic nitrogens is 2. The Morgan fingerprint density at radius 3 is 2.44 bits per heavy atom. The third-order valence-electron chi connectivity index (χ3n) is 5.80. The molecule has 2 N–H and O–H groups in total. The van der Waals surface area contributed by atoms with Crippen LogP contribution in [-0.2, 0) is 0 Å². The zero-order chi connectivity index (χ0) is 22.8. The van der Waals surface area contributed by atoms with E-state index in [4.69, 9.17) is 11.6 Å². The number of aryl methyl sites for hydroxylation is 2. The number of hydrogen-bond donors (Lipinski definition) is 2. The molecule has 1 aromatic heterocycles. The van der Waals surface area contributed by atoms with Crippen molar-refractivity contribution in [3.63, 3.8) is 0 Å². The number of amides is 2. The van der Waals surface area contributed by atoms with Gasteiger partial charge in [0.2, 0.25) is 0 Å². The second kappa shape index (κ2) is 9.20. The molecule has 4 rings (SSSR count). The van der Waals surface area contributed by atoms with Crippen LogP contribution in [0.1, 0.15) is 64.2 Å². The topological polar surface area (TPSA) is 84.0 Å². The minimum atomic E-state index is -0.580. The highest BCUT2D eigenvalue weighted by atomic mass is 35.5. The molecule has 6 nitrogen and oxygen atoms in total. The summed E-state index contributed by atoms with van der Waals surface area (Å²) in [6.45, 7) is 3.56. The number of hydrogen-bond acceptors (Lipinski definition) is 4. The first-order chi connectivity index (χ1) is 15.3. The summed E-state index contributed by atoms with van der Waals surface area (Å²) in [5.74, 6) is -1.40. The first kappa shape index (κ1) is 22.1. The van der Waals surface area contributed by atoms with Crippen molar-refractivity contribution in [1.82, 2.24) is 15.3 Å². The number of carbonyl (C=O) groups excluding carboxylic acids is 2. The largest absolute Gasteiger partial charge is 0.349 e. The van der Waals surface area contributed by atoms with Gasteiger partial charge in [0.25, 0.3) is 11.8 Å². The number of nitrogens with one attached hydrogen (secondary N) is 2. The third kappa shape index (κ3) is 4.72. The van der Waals surface area contributed by atoms with Crippen LogP contribution in [0.3, 0.4) is 0 Å². The van der Waals surface area contributed by atoms with Crippen LogP contribution in [0.2, 0.25) is 5.02 Å². The highest BCUT2D eigenvalue weighted by molar-refractivity contribution is 6.34. The van der Waals surface area contributed by atoms with Crippen LogP contribution in [0.5, 0.6) is 0 Å². The van der Waals surface area contributed by atoms with E-state index in [1.807, 2.05) is 0 Å². The Kier molecular flexibility index (Phi) is 6.37. The quantitative estimate of drug-likeness (QED) is 0.556. The molecule has 1 fully saturated rings. The Hall–Kier alpha value is -3.06. The van der Waals surface area contributed by atoms with Crippen molar-refractivity contribution in [3.8, 4) is 0 Å². The molecule has 2 amide bonds. The maximum absolute atomic E-state index is 14.2. The Morgan fingerprint density at radius 2 is 1.69 bits per heavy atom. The molecule has 32 heavy (non-hydrogen) atoms. The molecule has 0 atom stereocenters. The molecule has 0 aliphatic heterocycles. The number of benzene rings is 2. The molecule has 0 radical (unpaired) electrons. The Morgan fingerprint density at radius 1 is 0.969 bits per heavy atom. The summed E-state index contributed by atoms with van der Waals surface area (Å²) in [6.07, 6.45) is 5.28. The second-order valence-electron chi connectivity index (χ2n) is 8.17. The number of nitrogens with zero attached hydrogens (tertiary/aromatic N) is 2. The van der Waals surface area contributed by atoms with Crippen molar-refractivity contribution in [2.75, 3.05) is 5.32 Å². The van der Waals surface area contributed by atoms with Gasteiger partial charge >= 0.3 is 0 Å². The monoisotopic (exact) mass is 454 g/mol. The minimum Gasteiger partial charge on any atom is -0.349 e. The molecule has 1 heterocycles. The van der Waals surface area contributed by atoms with Gasteiger partial charge < -0.3 is 10.6 Å². The number of anilines is 1. The first-order valence-electron chi connectivity index (χ1n) is 10.7. The molecular weight excluding hydrogens is 431 g/mol. The predicted octanol–water partition coefficient (Wildman–Crippen LogP) is 5.35. The Bertz CT molecular complexity index is 1210. The summed E-state index contributed by atoms with van der Waals surface area (Å²) in [6, 6.07) is 7.20.